The number of pyridine rings is 1. The highest BCUT2D eigenvalue weighted by atomic mass is 16.2. The standard InChI is InChI=1S/C23H28N4O2/c1-16(2)25(4)23(29)19-12-13-20-24-17(3)22(27(20)15-19)26(5)21(28)14-11-18-9-7-6-8-10-18/h6-10,12-13,15-16H,11,14H2,1-5H3. The van der Waals surface area contributed by atoms with E-state index in [-0.39, 0.29) is 17.9 Å². The van der Waals surface area contributed by atoms with E-state index in [9.17, 15) is 9.59 Å². The van der Waals surface area contributed by atoms with Gasteiger partial charge in [0, 0.05) is 32.8 Å². The molecule has 6 nitrogen and oxygen atoms in total. The summed E-state index contributed by atoms with van der Waals surface area (Å²) in [5, 5.41) is 0. The van der Waals surface area contributed by atoms with Gasteiger partial charge in [0.15, 0.2) is 0 Å². The highest BCUT2D eigenvalue weighted by molar-refractivity contribution is 5.95. The Hall–Kier alpha value is -3.15. The van der Waals surface area contributed by atoms with Crippen LogP contribution in [0.3, 0.4) is 0 Å². The molecule has 3 rings (SSSR count). The van der Waals surface area contributed by atoms with E-state index < -0.39 is 0 Å². The minimum Gasteiger partial charge on any atom is -0.339 e. The number of hydrogen-bond acceptors (Lipinski definition) is 3. The number of aromatic nitrogens is 2. The number of carbonyl (C=O) groups is 2. The summed E-state index contributed by atoms with van der Waals surface area (Å²) in [6.45, 7) is 5.83. The molecule has 3 aromatic rings. The molecular weight excluding hydrogens is 364 g/mol. The van der Waals surface area contributed by atoms with Gasteiger partial charge in [0.2, 0.25) is 5.91 Å². The Bertz CT molecular complexity index is 1020. The van der Waals surface area contributed by atoms with Crippen molar-refractivity contribution in [3.8, 4) is 0 Å². The molecule has 0 unspecified atom stereocenters. The fourth-order valence-electron chi connectivity index (χ4n) is 3.30. The van der Waals surface area contributed by atoms with Gasteiger partial charge in [-0.15, -0.1) is 0 Å². The molecule has 0 aliphatic rings. The van der Waals surface area contributed by atoms with Gasteiger partial charge in [-0.1, -0.05) is 30.3 Å². The van der Waals surface area contributed by atoms with Crippen LogP contribution in [-0.2, 0) is 11.2 Å². The molecule has 0 spiro atoms. The fraction of sp³-hybridized carbons (Fsp3) is 0.348. The molecule has 0 saturated carbocycles. The summed E-state index contributed by atoms with van der Waals surface area (Å²) >= 11 is 0. The van der Waals surface area contributed by atoms with Crippen LogP contribution in [0.15, 0.2) is 48.7 Å². The summed E-state index contributed by atoms with van der Waals surface area (Å²) < 4.78 is 1.83. The van der Waals surface area contributed by atoms with Crippen LogP contribution in [0.2, 0.25) is 0 Å². The number of benzene rings is 1. The van der Waals surface area contributed by atoms with Crippen molar-refractivity contribution in [1.82, 2.24) is 14.3 Å². The molecule has 6 heteroatoms. The number of carbonyl (C=O) groups excluding carboxylic acids is 2. The van der Waals surface area contributed by atoms with Crippen molar-refractivity contribution in [3.63, 3.8) is 0 Å². The fourth-order valence-corrected chi connectivity index (χ4v) is 3.30. The van der Waals surface area contributed by atoms with Crippen molar-refractivity contribution in [1.29, 1.82) is 0 Å². The maximum atomic E-state index is 12.8. The first-order valence-electron chi connectivity index (χ1n) is 9.86. The van der Waals surface area contributed by atoms with Crippen molar-refractivity contribution in [3.05, 3.63) is 65.5 Å². The van der Waals surface area contributed by atoms with E-state index >= 15 is 0 Å². The largest absolute Gasteiger partial charge is 0.339 e. The van der Waals surface area contributed by atoms with E-state index in [1.165, 1.54) is 0 Å². The highest BCUT2D eigenvalue weighted by Crippen LogP contribution is 2.23. The van der Waals surface area contributed by atoms with E-state index in [1.807, 2.05) is 61.6 Å². The van der Waals surface area contributed by atoms with Crippen LogP contribution in [-0.4, -0.2) is 46.2 Å². The first-order chi connectivity index (χ1) is 13.8. The van der Waals surface area contributed by atoms with Crippen molar-refractivity contribution in [2.24, 2.45) is 0 Å². The molecule has 2 heterocycles. The molecular formula is C23H28N4O2. The highest BCUT2D eigenvalue weighted by Gasteiger charge is 2.21. The van der Waals surface area contributed by atoms with Crippen LogP contribution in [0, 0.1) is 6.92 Å². The zero-order chi connectivity index (χ0) is 21.1. The number of rotatable bonds is 6. The van der Waals surface area contributed by atoms with Gasteiger partial charge in [-0.05, 0) is 44.9 Å². The van der Waals surface area contributed by atoms with Gasteiger partial charge in [-0.2, -0.15) is 0 Å². The molecule has 1 aromatic carbocycles. The third-order valence-corrected chi connectivity index (χ3v) is 5.27. The number of aryl methyl sites for hydroxylation is 2. The Morgan fingerprint density at radius 2 is 1.76 bits per heavy atom. The minimum atomic E-state index is -0.0581. The Labute approximate surface area is 171 Å². The second-order valence-electron chi connectivity index (χ2n) is 7.61. The number of imidazole rings is 1. The van der Waals surface area contributed by atoms with E-state index in [1.54, 1.807) is 36.2 Å². The molecule has 0 radical (unpaired) electrons. The van der Waals surface area contributed by atoms with E-state index in [0.717, 1.165) is 11.3 Å². The molecule has 0 bridgehead atoms. The summed E-state index contributed by atoms with van der Waals surface area (Å²) in [6.07, 6.45) is 2.86. The molecule has 0 aliphatic heterocycles. The first-order valence-corrected chi connectivity index (χ1v) is 9.86. The van der Waals surface area contributed by atoms with E-state index in [2.05, 4.69) is 4.98 Å². The van der Waals surface area contributed by atoms with Gasteiger partial charge in [-0.3, -0.25) is 18.9 Å². The topological polar surface area (TPSA) is 57.9 Å². The lowest BCUT2D eigenvalue weighted by Crippen LogP contribution is -2.33. The summed E-state index contributed by atoms with van der Waals surface area (Å²) in [6, 6.07) is 13.7. The average Bonchev–Trinajstić information content (AvgIpc) is 3.05. The zero-order valence-corrected chi connectivity index (χ0v) is 17.7. The van der Waals surface area contributed by atoms with Gasteiger partial charge in [-0.25, -0.2) is 4.98 Å². The number of fused-ring (bicyclic) bond motifs is 1. The molecule has 29 heavy (non-hydrogen) atoms. The number of hydrogen-bond donors (Lipinski definition) is 0. The minimum absolute atomic E-state index is 0.00906. The SMILES string of the molecule is Cc1nc2ccc(C(=O)N(C)C(C)C)cn2c1N(C)C(=O)CCc1ccccc1. The summed E-state index contributed by atoms with van der Waals surface area (Å²) in [4.78, 5) is 33.5. The normalized spacial score (nSPS) is 11.1. The summed E-state index contributed by atoms with van der Waals surface area (Å²) in [5.74, 6) is 0.645. The zero-order valence-electron chi connectivity index (χ0n) is 17.7. The number of nitrogens with zero attached hydrogens (tertiary/aromatic N) is 4. The Kier molecular flexibility index (Phi) is 6.01. The summed E-state index contributed by atoms with van der Waals surface area (Å²) in [5.41, 5.74) is 3.16. The van der Waals surface area contributed by atoms with Gasteiger partial charge < -0.3 is 4.90 Å². The molecule has 0 aliphatic carbocycles. The second kappa shape index (κ2) is 8.47. The molecule has 0 N–H and O–H groups in total. The van der Waals surface area contributed by atoms with Crippen LogP contribution >= 0.6 is 0 Å². The predicted molar refractivity (Wildman–Crippen MR) is 115 cm³/mol. The van der Waals surface area contributed by atoms with Gasteiger partial charge >= 0.3 is 0 Å². The summed E-state index contributed by atoms with van der Waals surface area (Å²) in [7, 11) is 3.55. The van der Waals surface area contributed by atoms with Crippen molar-refractivity contribution in [2.75, 3.05) is 19.0 Å². The maximum Gasteiger partial charge on any atom is 0.255 e. The monoisotopic (exact) mass is 392 g/mol. The Balaban J connectivity index is 1.87. The molecule has 0 saturated heterocycles. The van der Waals surface area contributed by atoms with Gasteiger partial charge in [0.25, 0.3) is 5.91 Å². The molecule has 0 fully saturated rings. The van der Waals surface area contributed by atoms with Crippen molar-refractivity contribution in [2.45, 2.75) is 39.7 Å². The lowest BCUT2D eigenvalue weighted by Gasteiger charge is -2.22. The van der Waals surface area contributed by atoms with Crippen molar-refractivity contribution < 1.29 is 9.59 Å². The van der Waals surface area contributed by atoms with Crippen LogP contribution in [0.1, 0.15) is 41.9 Å². The van der Waals surface area contributed by atoms with Crippen LogP contribution < -0.4 is 4.90 Å². The van der Waals surface area contributed by atoms with Crippen LogP contribution in [0.5, 0.6) is 0 Å². The van der Waals surface area contributed by atoms with E-state index in [0.29, 0.717) is 29.9 Å². The quantitative estimate of drug-likeness (QED) is 0.642. The average molecular weight is 393 g/mol. The smallest absolute Gasteiger partial charge is 0.255 e. The number of anilines is 1. The van der Waals surface area contributed by atoms with Crippen LogP contribution in [0.25, 0.3) is 5.65 Å². The third kappa shape index (κ3) is 4.31. The van der Waals surface area contributed by atoms with Gasteiger partial charge in [0.05, 0.1) is 11.3 Å². The Morgan fingerprint density at radius 1 is 1.07 bits per heavy atom. The van der Waals surface area contributed by atoms with Gasteiger partial charge in [0.1, 0.15) is 11.5 Å². The lowest BCUT2D eigenvalue weighted by atomic mass is 10.1. The second-order valence-corrected chi connectivity index (χ2v) is 7.61. The first kappa shape index (κ1) is 20.6. The van der Waals surface area contributed by atoms with E-state index in [4.69, 9.17) is 0 Å². The predicted octanol–water partition coefficient (Wildman–Crippen LogP) is 3.72. The number of amides is 2. The molecule has 0 atom stereocenters. The lowest BCUT2D eigenvalue weighted by molar-refractivity contribution is -0.118. The van der Waals surface area contributed by atoms with Crippen molar-refractivity contribution >= 4 is 23.3 Å². The Morgan fingerprint density at radius 3 is 2.41 bits per heavy atom. The third-order valence-electron chi connectivity index (χ3n) is 5.27. The van der Waals surface area contributed by atoms with Crippen LogP contribution in [0.4, 0.5) is 5.82 Å². The molecule has 152 valence electrons. The maximum absolute atomic E-state index is 12.8. The molecule has 2 amide bonds. The molecule has 2 aromatic heterocycles.